The highest BCUT2D eigenvalue weighted by Crippen LogP contribution is 2.54. The van der Waals surface area contributed by atoms with E-state index in [1.165, 1.54) is 0 Å². The Balaban J connectivity index is 1.52. The van der Waals surface area contributed by atoms with Crippen LogP contribution >= 0.6 is 11.8 Å². The summed E-state index contributed by atoms with van der Waals surface area (Å²) in [5, 5.41) is 5.90. The van der Waals surface area contributed by atoms with Gasteiger partial charge in [-0.2, -0.15) is 5.10 Å². The van der Waals surface area contributed by atoms with Crippen LogP contribution in [0.25, 0.3) is 22.6 Å². The first-order valence-electron chi connectivity index (χ1n) is 13.8. The van der Waals surface area contributed by atoms with Crippen molar-refractivity contribution in [3.8, 4) is 16.9 Å². The molecule has 42 heavy (non-hydrogen) atoms. The molecule has 0 radical (unpaired) electrons. The number of fused-ring (bicyclic) bond motifs is 3. The number of thioether (sulfide) groups is 1. The van der Waals surface area contributed by atoms with Crippen molar-refractivity contribution >= 4 is 34.4 Å². The monoisotopic (exact) mass is 569 g/mol. The molecule has 0 fully saturated rings. The van der Waals surface area contributed by atoms with E-state index in [-0.39, 0.29) is 12.6 Å². The van der Waals surface area contributed by atoms with E-state index in [2.05, 4.69) is 41.1 Å². The number of ether oxygens (including phenoxy) is 1. The predicted octanol–water partition coefficient (Wildman–Crippen LogP) is 7.24. The van der Waals surface area contributed by atoms with Crippen molar-refractivity contribution in [2.24, 2.45) is 4.99 Å². The zero-order chi connectivity index (χ0) is 28.6. The van der Waals surface area contributed by atoms with Crippen LogP contribution in [0, 0.1) is 6.92 Å². The van der Waals surface area contributed by atoms with Crippen molar-refractivity contribution in [1.29, 1.82) is 0 Å². The van der Waals surface area contributed by atoms with Gasteiger partial charge in [0, 0.05) is 23.5 Å². The lowest BCUT2D eigenvalue weighted by molar-refractivity contribution is -0.138. The first-order chi connectivity index (χ1) is 20.6. The summed E-state index contributed by atoms with van der Waals surface area (Å²) in [5.41, 5.74) is 6.71. The normalized spacial score (nSPS) is 15.7. The van der Waals surface area contributed by atoms with Gasteiger partial charge in [0.2, 0.25) is 0 Å². The van der Waals surface area contributed by atoms with Crippen LogP contribution < -0.4 is 4.90 Å². The Kier molecular flexibility index (Phi) is 6.68. The number of nitrogens with zero attached hydrogens (tertiary/aromatic N) is 5. The molecule has 2 aliphatic rings. The topological polar surface area (TPSA) is 72.6 Å². The molecular formula is C34H27N5O2S. The van der Waals surface area contributed by atoms with E-state index in [1.807, 2.05) is 90.6 Å². The number of hydrogen-bond donors (Lipinski definition) is 0. The van der Waals surface area contributed by atoms with E-state index in [4.69, 9.17) is 14.8 Å². The van der Waals surface area contributed by atoms with Crippen LogP contribution in [0.1, 0.15) is 29.7 Å². The molecule has 0 bridgehead atoms. The van der Waals surface area contributed by atoms with E-state index in [0.29, 0.717) is 11.3 Å². The maximum atomic E-state index is 13.9. The summed E-state index contributed by atoms with van der Waals surface area (Å²) in [5.74, 6) is 0.463. The van der Waals surface area contributed by atoms with Crippen molar-refractivity contribution in [1.82, 2.24) is 14.8 Å². The number of amidine groups is 1. The third kappa shape index (κ3) is 4.40. The van der Waals surface area contributed by atoms with Crippen LogP contribution in [0.15, 0.2) is 125 Å². The van der Waals surface area contributed by atoms with Gasteiger partial charge in [-0.3, -0.25) is 9.88 Å². The summed E-state index contributed by atoms with van der Waals surface area (Å²) in [6.07, 6.45) is 3.59. The molecule has 0 spiro atoms. The van der Waals surface area contributed by atoms with Gasteiger partial charge < -0.3 is 4.74 Å². The highest BCUT2D eigenvalue weighted by atomic mass is 32.2. The first kappa shape index (κ1) is 26.0. The molecule has 0 aliphatic carbocycles. The molecule has 206 valence electrons. The fourth-order valence-corrected chi connectivity index (χ4v) is 6.54. The van der Waals surface area contributed by atoms with Gasteiger partial charge in [-0.25, -0.2) is 14.5 Å². The average Bonchev–Trinajstić information content (AvgIpc) is 3.59. The minimum atomic E-state index is -0.496. The van der Waals surface area contributed by atoms with Crippen LogP contribution in [0.5, 0.6) is 0 Å². The fraction of sp³-hybridized carbons (Fsp3) is 0.118. The molecule has 2 aliphatic heterocycles. The Morgan fingerprint density at radius 2 is 1.62 bits per heavy atom. The largest absolute Gasteiger partial charge is 0.463 e. The SMILES string of the molecule is CCOC(=O)C1=C(c2ccccc2)N=C2Sc3c(-c4cccnc4)nn(-c4ccc(C)cc4)c3N2C1c1ccccc1. The molecule has 7 nitrogen and oxygen atoms in total. The number of aromatic nitrogens is 3. The van der Waals surface area contributed by atoms with E-state index >= 15 is 0 Å². The predicted molar refractivity (Wildman–Crippen MR) is 166 cm³/mol. The van der Waals surface area contributed by atoms with Gasteiger partial charge in [0.25, 0.3) is 0 Å². The second-order valence-corrected chi connectivity index (χ2v) is 11.0. The Labute approximate surface area is 248 Å². The molecule has 1 atom stereocenters. The maximum Gasteiger partial charge on any atom is 0.338 e. The third-order valence-corrected chi connectivity index (χ3v) is 8.36. The summed E-state index contributed by atoms with van der Waals surface area (Å²) in [7, 11) is 0. The van der Waals surface area contributed by atoms with Crippen molar-refractivity contribution in [3.05, 3.63) is 132 Å². The lowest BCUT2D eigenvalue weighted by atomic mass is 9.92. The third-order valence-electron chi connectivity index (χ3n) is 7.31. The Hall–Kier alpha value is -4.95. The Bertz CT molecular complexity index is 1830. The molecule has 0 N–H and O–H groups in total. The van der Waals surface area contributed by atoms with Crippen LogP contribution in [0.2, 0.25) is 0 Å². The summed E-state index contributed by atoms with van der Waals surface area (Å²) in [6.45, 7) is 4.15. The highest BCUT2D eigenvalue weighted by Gasteiger charge is 2.46. The molecule has 2 aromatic heterocycles. The number of benzene rings is 3. The molecule has 3 aromatic carbocycles. The van der Waals surface area contributed by atoms with Gasteiger partial charge in [0.1, 0.15) is 5.69 Å². The van der Waals surface area contributed by atoms with E-state index in [9.17, 15) is 4.79 Å². The molecule has 0 amide bonds. The van der Waals surface area contributed by atoms with Crippen molar-refractivity contribution in [3.63, 3.8) is 0 Å². The second-order valence-electron chi connectivity index (χ2n) is 10.0. The van der Waals surface area contributed by atoms with Gasteiger partial charge in [0.05, 0.1) is 34.5 Å². The number of aliphatic imine (C=N–C) groups is 1. The van der Waals surface area contributed by atoms with Crippen molar-refractivity contribution in [2.45, 2.75) is 24.8 Å². The fourth-order valence-electron chi connectivity index (χ4n) is 5.40. The van der Waals surface area contributed by atoms with Crippen LogP contribution in [0.3, 0.4) is 0 Å². The van der Waals surface area contributed by atoms with Gasteiger partial charge >= 0.3 is 5.97 Å². The molecular weight excluding hydrogens is 542 g/mol. The summed E-state index contributed by atoms with van der Waals surface area (Å²) in [4.78, 5) is 26.5. The number of carbonyl (C=O) groups is 1. The molecule has 0 saturated heterocycles. The zero-order valence-electron chi connectivity index (χ0n) is 23.1. The number of carbonyl (C=O) groups excluding carboxylic acids is 1. The number of anilines is 1. The zero-order valence-corrected chi connectivity index (χ0v) is 24.0. The number of pyridine rings is 1. The van der Waals surface area contributed by atoms with E-state index < -0.39 is 6.04 Å². The van der Waals surface area contributed by atoms with E-state index in [0.717, 1.165) is 49.5 Å². The maximum absolute atomic E-state index is 13.9. The Morgan fingerprint density at radius 1 is 0.905 bits per heavy atom. The molecule has 5 aromatic rings. The molecule has 8 heteroatoms. The van der Waals surface area contributed by atoms with Crippen LogP contribution in [0.4, 0.5) is 5.82 Å². The van der Waals surface area contributed by atoms with Crippen molar-refractivity contribution in [2.75, 3.05) is 11.5 Å². The van der Waals surface area contributed by atoms with Gasteiger partial charge in [-0.05, 0) is 55.4 Å². The minimum absolute atomic E-state index is 0.259. The molecule has 7 rings (SSSR count). The lowest BCUT2D eigenvalue weighted by Gasteiger charge is -2.35. The average molecular weight is 570 g/mol. The molecule has 0 saturated carbocycles. The Morgan fingerprint density at radius 3 is 2.31 bits per heavy atom. The van der Waals surface area contributed by atoms with Crippen molar-refractivity contribution < 1.29 is 9.53 Å². The molecule has 1 unspecified atom stereocenters. The number of hydrogen-bond acceptors (Lipinski definition) is 7. The van der Waals surface area contributed by atoms with Gasteiger partial charge in [0.15, 0.2) is 11.0 Å². The molecule has 4 heterocycles. The number of aryl methyl sites for hydroxylation is 1. The van der Waals surface area contributed by atoms with E-state index in [1.54, 1.807) is 18.0 Å². The highest BCUT2D eigenvalue weighted by molar-refractivity contribution is 8.15. The minimum Gasteiger partial charge on any atom is -0.463 e. The van der Waals surface area contributed by atoms with Crippen LogP contribution in [-0.4, -0.2) is 32.5 Å². The standard InChI is InChI=1S/C34H27N5O2S/c1-3-41-33(40)27-28(23-11-6-4-7-12-23)36-34-38(30(27)24-13-8-5-9-14-24)32-31(42-34)29(25-15-10-20-35-21-25)37-39(32)26-18-16-22(2)17-19-26/h4-21,30H,3H2,1-2H3. The smallest absolute Gasteiger partial charge is 0.338 e. The van der Waals surface area contributed by atoms with Crippen LogP contribution in [-0.2, 0) is 9.53 Å². The summed E-state index contributed by atoms with van der Waals surface area (Å²) < 4.78 is 7.65. The lowest BCUT2D eigenvalue weighted by Crippen LogP contribution is -2.38. The number of esters is 1. The van der Waals surface area contributed by atoms with Gasteiger partial charge in [-0.1, -0.05) is 78.4 Å². The second kappa shape index (κ2) is 10.8. The van der Waals surface area contributed by atoms with Gasteiger partial charge in [-0.15, -0.1) is 0 Å². The quantitative estimate of drug-likeness (QED) is 0.201. The summed E-state index contributed by atoms with van der Waals surface area (Å²) in [6, 6.07) is 31.6. The summed E-state index contributed by atoms with van der Waals surface area (Å²) >= 11 is 1.56. The first-order valence-corrected chi connectivity index (χ1v) is 14.6. The number of rotatable bonds is 6.